The molecule has 0 saturated heterocycles. The highest BCUT2D eigenvalue weighted by Crippen LogP contribution is 2.30. The molecule has 1 aromatic rings. The minimum absolute atomic E-state index is 1.00. The summed E-state index contributed by atoms with van der Waals surface area (Å²) in [5, 5.41) is 1.76. The van der Waals surface area contributed by atoms with E-state index in [1.165, 1.54) is 24.6 Å². The molecular weight excluding hydrogens is 174 g/mol. The van der Waals surface area contributed by atoms with Gasteiger partial charge in [0.1, 0.15) is 0 Å². The summed E-state index contributed by atoms with van der Waals surface area (Å²) < 4.78 is 2.33. The minimum Gasteiger partial charge on any atom is -0.355 e. The number of aryl methyl sites for hydroxylation is 1. The van der Waals surface area contributed by atoms with Crippen molar-refractivity contribution in [3.8, 4) is 0 Å². The lowest BCUT2D eigenvalue weighted by molar-refractivity contribution is 0.846. The van der Waals surface area contributed by atoms with Crippen LogP contribution in [0.25, 0.3) is 0 Å². The first-order chi connectivity index (χ1) is 6.23. The van der Waals surface area contributed by atoms with Crippen LogP contribution in [-0.2, 0) is 13.5 Å². The topological polar surface area (TPSA) is 4.93 Å². The van der Waals surface area contributed by atoms with Gasteiger partial charge in [0.2, 0.25) is 0 Å². The standard InChI is InChI=1S/C11H19NSi/c1-4-13(5-2)9-7-10-11(13)6-8-12(10)3/h6,8H,4-5,7,9H2,1-3H3. The summed E-state index contributed by atoms with van der Waals surface area (Å²) >= 11 is 0. The van der Waals surface area contributed by atoms with Crippen LogP contribution in [0.1, 0.15) is 19.5 Å². The van der Waals surface area contributed by atoms with Gasteiger partial charge >= 0.3 is 0 Å². The second-order valence-corrected chi connectivity index (χ2v) is 9.29. The van der Waals surface area contributed by atoms with E-state index in [1.54, 1.807) is 10.9 Å². The molecule has 0 bridgehead atoms. The molecule has 1 aliphatic heterocycles. The molecule has 0 amide bonds. The van der Waals surface area contributed by atoms with Crippen LogP contribution in [0.5, 0.6) is 0 Å². The molecule has 0 fully saturated rings. The SMILES string of the molecule is CC[Si]1(CC)CCc2c1ccn2C. The van der Waals surface area contributed by atoms with Gasteiger partial charge in [0, 0.05) is 18.9 Å². The molecule has 1 aliphatic rings. The van der Waals surface area contributed by atoms with Gasteiger partial charge in [-0.3, -0.25) is 0 Å². The van der Waals surface area contributed by atoms with Crippen molar-refractivity contribution in [2.24, 2.45) is 7.05 Å². The fourth-order valence-corrected chi connectivity index (χ4v) is 7.13. The molecule has 0 unspecified atom stereocenters. The Bertz CT molecular complexity index is 310. The Morgan fingerprint density at radius 3 is 2.69 bits per heavy atom. The molecule has 2 heterocycles. The first-order valence-corrected chi connectivity index (χ1v) is 8.00. The van der Waals surface area contributed by atoms with E-state index in [9.17, 15) is 0 Å². The maximum Gasteiger partial charge on any atom is 0.0889 e. The van der Waals surface area contributed by atoms with E-state index in [1.807, 2.05) is 0 Å². The predicted molar refractivity (Wildman–Crippen MR) is 60.3 cm³/mol. The van der Waals surface area contributed by atoms with Gasteiger partial charge in [-0.15, -0.1) is 0 Å². The molecule has 0 atom stereocenters. The number of hydrogen-bond acceptors (Lipinski definition) is 0. The van der Waals surface area contributed by atoms with Crippen LogP contribution in [0, 0.1) is 0 Å². The van der Waals surface area contributed by atoms with E-state index < -0.39 is 8.07 Å². The van der Waals surface area contributed by atoms with E-state index in [2.05, 4.69) is 37.7 Å². The van der Waals surface area contributed by atoms with E-state index in [4.69, 9.17) is 0 Å². The van der Waals surface area contributed by atoms with Gasteiger partial charge in [0.25, 0.3) is 0 Å². The molecule has 0 saturated carbocycles. The number of hydrogen-bond donors (Lipinski definition) is 0. The molecule has 2 rings (SSSR count). The van der Waals surface area contributed by atoms with Crippen LogP contribution in [0.2, 0.25) is 18.1 Å². The summed E-state index contributed by atoms with van der Waals surface area (Å²) in [5.74, 6) is 0. The zero-order valence-corrected chi connectivity index (χ0v) is 9.93. The van der Waals surface area contributed by atoms with Crippen molar-refractivity contribution < 1.29 is 0 Å². The maximum atomic E-state index is 2.39. The van der Waals surface area contributed by atoms with Crippen molar-refractivity contribution in [2.45, 2.75) is 38.4 Å². The molecule has 1 nitrogen and oxygen atoms in total. The Kier molecular flexibility index (Phi) is 2.10. The zero-order chi connectivity index (χ0) is 9.47. The highest BCUT2D eigenvalue weighted by Gasteiger charge is 2.38. The Morgan fingerprint density at radius 1 is 1.38 bits per heavy atom. The second-order valence-electron chi connectivity index (χ2n) is 4.27. The zero-order valence-electron chi connectivity index (χ0n) is 8.93. The van der Waals surface area contributed by atoms with Crippen LogP contribution in [-0.4, -0.2) is 12.6 Å². The summed E-state index contributed by atoms with van der Waals surface area (Å²) in [5.41, 5.74) is 1.63. The van der Waals surface area contributed by atoms with Crippen LogP contribution in [0.4, 0.5) is 0 Å². The predicted octanol–water partition coefficient (Wildman–Crippen LogP) is 2.28. The first-order valence-electron chi connectivity index (χ1n) is 5.38. The Balaban J connectivity index is 2.47. The first kappa shape index (κ1) is 9.07. The van der Waals surface area contributed by atoms with Crippen LogP contribution in [0.15, 0.2) is 12.3 Å². The monoisotopic (exact) mass is 193 g/mol. The van der Waals surface area contributed by atoms with Gasteiger partial charge < -0.3 is 4.57 Å². The molecule has 13 heavy (non-hydrogen) atoms. The summed E-state index contributed by atoms with van der Waals surface area (Å²) in [7, 11) is 1.19. The Hall–Kier alpha value is -0.503. The smallest absolute Gasteiger partial charge is 0.0889 e. The average Bonchev–Trinajstić information content (AvgIpc) is 2.68. The Labute approximate surface area is 81.8 Å². The second kappa shape index (κ2) is 3.02. The lowest BCUT2D eigenvalue weighted by Crippen LogP contribution is -2.42. The molecule has 0 aliphatic carbocycles. The number of rotatable bonds is 2. The Morgan fingerprint density at radius 2 is 2.08 bits per heavy atom. The van der Waals surface area contributed by atoms with Gasteiger partial charge in [-0.2, -0.15) is 0 Å². The fraction of sp³-hybridized carbons (Fsp3) is 0.636. The van der Waals surface area contributed by atoms with Gasteiger partial charge in [-0.1, -0.05) is 25.9 Å². The number of nitrogens with zero attached hydrogens (tertiary/aromatic N) is 1. The largest absolute Gasteiger partial charge is 0.355 e. The molecule has 2 heteroatoms. The van der Waals surface area contributed by atoms with Crippen molar-refractivity contribution in [1.82, 2.24) is 4.57 Å². The maximum absolute atomic E-state index is 2.39. The lowest BCUT2D eigenvalue weighted by Gasteiger charge is -2.23. The highest BCUT2D eigenvalue weighted by atomic mass is 28.3. The van der Waals surface area contributed by atoms with Crippen LogP contribution in [0.3, 0.4) is 0 Å². The van der Waals surface area contributed by atoms with Crippen LogP contribution >= 0.6 is 0 Å². The number of fused-ring (bicyclic) bond motifs is 1. The van der Waals surface area contributed by atoms with Crippen molar-refractivity contribution in [2.75, 3.05) is 0 Å². The molecule has 72 valence electrons. The van der Waals surface area contributed by atoms with Gasteiger partial charge in [0.05, 0.1) is 8.07 Å². The third-order valence-electron chi connectivity index (χ3n) is 3.97. The number of aromatic nitrogens is 1. The summed E-state index contributed by atoms with van der Waals surface area (Å²) in [4.78, 5) is 0. The molecule has 0 aromatic carbocycles. The lowest BCUT2D eigenvalue weighted by atomic mass is 10.3. The highest BCUT2D eigenvalue weighted by molar-refractivity contribution is 6.93. The normalized spacial score (nSPS) is 19.0. The van der Waals surface area contributed by atoms with Crippen molar-refractivity contribution in [1.29, 1.82) is 0 Å². The summed E-state index contributed by atoms with van der Waals surface area (Å²) in [6, 6.07) is 6.75. The molecule has 0 spiro atoms. The van der Waals surface area contributed by atoms with Gasteiger partial charge in [0.15, 0.2) is 0 Å². The fourth-order valence-electron chi connectivity index (χ4n) is 2.83. The van der Waals surface area contributed by atoms with Gasteiger partial charge in [-0.05, 0) is 23.7 Å². The van der Waals surface area contributed by atoms with E-state index in [-0.39, 0.29) is 0 Å². The summed E-state index contributed by atoms with van der Waals surface area (Å²) in [6.45, 7) is 4.77. The van der Waals surface area contributed by atoms with E-state index in [0.29, 0.717) is 0 Å². The van der Waals surface area contributed by atoms with Crippen LogP contribution < -0.4 is 5.19 Å². The summed E-state index contributed by atoms with van der Waals surface area (Å²) in [6.07, 6.45) is 3.59. The average molecular weight is 193 g/mol. The third-order valence-corrected chi connectivity index (χ3v) is 9.48. The van der Waals surface area contributed by atoms with Crippen molar-refractivity contribution in [3.63, 3.8) is 0 Å². The van der Waals surface area contributed by atoms with E-state index in [0.717, 1.165) is 0 Å². The van der Waals surface area contributed by atoms with Crippen molar-refractivity contribution in [3.05, 3.63) is 18.0 Å². The minimum atomic E-state index is -1.00. The van der Waals surface area contributed by atoms with Gasteiger partial charge in [-0.25, -0.2) is 0 Å². The quantitative estimate of drug-likeness (QED) is 0.635. The molecule has 0 radical (unpaired) electrons. The van der Waals surface area contributed by atoms with Crippen molar-refractivity contribution >= 4 is 13.3 Å². The van der Waals surface area contributed by atoms with E-state index >= 15 is 0 Å². The molecule has 1 aromatic heterocycles. The molecule has 0 N–H and O–H groups in total. The third kappa shape index (κ3) is 1.11. The molecular formula is C11H19NSi.